The number of aryl methyl sites for hydroxylation is 1. The van der Waals surface area contributed by atoms with Crippen LogP contribution in [0.3, 0.4) is 0 Å². The Labute approximate surface area is 171 Å². The summed E-state index contributed by atoms with van der Waals surface area (Å²) in [7, 11) is -7.27. The molecule has 0 bridgehead atoms. The predicted octanol–water partition coefficient (Wildman–Crippen LogP) is 2.31. The Morgan fingerprint density at radius 2 is 1.38 bits per heavy atom. The Morgan fingerprint density at radius 3 is 1.86 bits per heavy atom. The van der Waals surface area contributed by atoms with Gasteiger partial charge in [-0.05, 0) is 49.2 Å². The second-order valence-electron chi connectivity index (χ2n) is 7.10. The average Bonchev–Trinajstić information content (AvgIpc) is 2.60. The molecule has 0 heterocycles. The predicted molar refractivity (Wildman–Crippen MR) is 114 cm³/mol. The van der Waals surface area contributed by atoms with Crippen molar-refractivity contribution < 1.29 is 21.6 Å². The fourth-order valence-electron chi connectivity index (χ4n) is 2.50. The highest BCUT2D eigenvalue weighted by Gasteiger charge is 2.28. The number of benzene rings is 2. The standard InChI is InChI=1S/C19H25N3O5S2/c1-13(2)18(22-29(26,27)17-11-5-14(3)6-12-17)19(23)20-15-7-9-16(10-8-15)21-28(4,24)25/h5-13,18,21-22H,1-4H3,(H,20,23)/t18-/m1/s1. The third-order valence-corrected chi connectivity index (χ3v) is 6.08. The fourth-order valence-corrected chi connectivity index (χ4v) is 4.41. The van der Waals surface area contributed by atoms with Crippen molar-refractivity contribution in [1.82, 2.24) is 4.72 Å². The van der Waals surface area contributed by atoms with E-state index in [9.17, 15) is 21.6 Å². The Morgan fingerprint density at radius 1 is 0.862 bits per heavy atom. The number of nitrogens with one attached hydrogen (secondary N) is 3. The van der Waals surface area contributed by atoms with Crippen molar-refractivity contribution in [3.8, 4) is 0 Å². The first-order chi connectivity index (χ1) is 13.4. The fraction of sp³-hybridized carbons (Fsp3) is 0.316. The van der Waals surface area contributed by atoms with E-state index < -0.39 is 32.0 Å². The van der Waals surface area contributed by atoms with Crippen LogP contribution in [0, 0.1) is 12.8 Å². The van der Waals surface area contributed by atoms with Gasteiger partial charge in [-0.15, -0.1) is 0 Å². The van der Waals surface area contributed by atoms with Crippen molar-refractivity contribution in [2.45, 2.75) is 31.7 Å². The zero-order valence-corrected chi connectivity index (χ0v) is 18.3. The number of carbonyl (C=O) groups is 1. The van der Waals surface area contributed by atoms with E-state index in [4.69, 9.17) is 0 Å². The summed E-state index contributed by atoms with van der Waals surface area (Å²) in [5.74, 6) is -0.819. The van der Waals surface area contributed by atoms with Gasteiger partial charge in [-0.25, -0.2) is 16.8 Å². The van der Waals surface area contributed by atoms with Crippen molar-refractivity contribution >= 4 is 37.3 Å². The lowest BCUT2D eigenvalue weighted by atomic mass is 10.0. The smallest absolute Gasteiger partial charge is 0.242 e. The molecule has 2 rings (SSSR count). The molecule has 0 unspecified atom stereocenters. The maximum atomic E-state index is 12.7. The molecular formula is C19H25N3O5S2. The number of carbonyl (C=O) groups excluding carboxylic acids is 1. The monoisotopic (exact) mass is 439 g/mol. The van der Waals surface area contributed by atoms with Gasteiger partial charge in [0.05, 0.1) is 11.2 Å². The van der Waals surface area contributed by atoms with Crippen LogP contribution in [-0.2, 0) is 24.8 Å². The summed E-state index contributed by atoms with van der Waals surface area (Å²) in [6, 6.07) is 11.4. The molecule has 0 radical (unpaired) electrons. The van der Waals surface area contributed by atoms with Crippen molar-refractivity contribution in [2.24, 2.45) is 5.92 Å². The Bertz CT molecular complexity index is 1060. The molecule has 0 aliphatic rings. The second-order valence-corrected chi connectivity index (χ2v) is 10.6. The zero-order valence-electron chi connectivity index (χ0n) is 16.6. The highest BCUT2D eigenvalue weighted by atomic mass is 32.2. The SMILES string of the molecule is Cc1ccc(S(=O)(=O)N[C@@H](C(=O)Nc2ccc(NS(C)(=O)=O)cc2)C(C)C)cc1. The van der Waals surface area contributed by atoms with E-state index in [2.05, 4.69) is 14.8 Å². The quantitative estimate of drug-likeness (QED) is 0.583. The topological polar surface area (TPSA) is 121 Å². The Balaban J connectivity index is 2.14. The van der Waals surface area contributed by atoms with E-state index in [-0.39, 0.29) is 10.8 Å². The molecule has 0 saturated heterocycles. The van der Waals surface area contributed by atoms with Crippen molar-refractivity contribution in [3.05, 3.63) is 54.1 Å². The highest BCUT2D eigenvalue weighted by molar-refractivity contribution is 7.92. The minimum atomic E-state index is -3.87. The second kappa shape index (κ2) is 8.93. The molecular weight excluding hydrogens is 414 g/mol. The summed E-state index contributed by atoms with van der Waals surface area (Å²) in [5.41, 5.74) is 1.69. The third-order valence-electron chi connectivity index (χ3n) is 4.02. The molecule has 0 spiro atoms. The molecule has 2 aromatic carbocycles. The molecule has 1 amide bonds. The molecule has 8 nitrogen and oxygen atoms in total. The number of anilines is 2. The maximum Gasteiger partial charge on any atom is 0.242 e. The maximum absolute atomic E-state index is 12.7. The lowest BCUT2D eigenvalue weighted by Crippen LogP contribution is -2.47. The molecule has 2 aromatic rings. The average molecular weight is 440 g/mol. The van der Waals surface area contributed by atoms with Crippen LogP contribution >= 0.6 is 0 Å². The van der Waals surface area contributed by atoms with Crippen molar-refractivity contribution in [1.29, 1.82) is 0 Å². The van der Waals surface area contributed by atoms with Gasteiger partial charge in [0.25, 0.3) is 0 Å². The van der Waals surface area contributed by atoms with E-state index in [1.54, 1.807) is 26.0 Å². The highest BCUT2D eigenvalue weighted by Crippen LogP contribution is 2.17. The molecule has 0 aliphatic carbocycles. The molecule has 10 heteroatoms. The minimum Gasteiger partial charge on any atom is -0.325 e. The van der Waals surface area contributed by atoms with Crippen LogP contribution in [0.2, 0.25) is 0 Å². The van der Waals surface area contributed by atoms with Crippen LogP contribution in [0.15, 0.2) is 53.4 Å². The van der Waals surface area contributed by atoms with Gasteiger partial charge >= 0.3 is 0 Å². The van der Waals surface area contributed by atoms with E-state index >= 15 is 0 Å². The molecule has 0 aliphatic heterocycles. The van der Waals surface area contributed by atoms with Crippen LogP contribution in [0.4, 0.5) is 11.4 Å². The molecule has 0 aromatic heterocycles. The molecule has 1 atom stereocenters. The normalized spacial score (nSPS) is 13.1. The van der Waals surface area contributed by atoms with Gasteiger partial charge in [0, 0.05) is 11.4 Å². The van der Waals surface area contributed by atoms with E-state index in [0.29, 0.717) is 11.4 Å². The van der Waals surface area contributed by atoms with Gasteiger partial charge in [-0.1, -0.05) is 31.5 Å². The van der Waals surface area contributed by atoms with Crippen LogP contribution in [0.5, 0.6) is 0 Å². The van der Waals surface area contributed by atoms with Crippen LogP contribution in [0.1, 0.15) is 19.4 Å². The van der Waals surface area contributed by atoms with Gasteiger partial charge < -0.3 is 5.32 Å². The molecule has 3 N–H and O–H groups in total. The minimum absolute atomic E-state index is 0.0813. The summed E-state index contributed by atoms with van der Waals surface area (Å²) >= 11 is 0. The lowest BCUT2D eigenvalue weighted by Gasteiger charge is -2.22. The van der Waals surface area contributed by atoms with Crippen LogP contribution in [0.25, 0.3) is 0 Å². The molecule has 158 valence electrons. The van der Waals surface area contributed by atoms with Crippen molar-refractivity contribution in [2.75, 3.05) is 16.3 Å². The Kier molecular flexibility index (Phi) is 7.04. The summed E-state index contributed by atoms with van der Waals surface area (Å²) in [6.07, 6.45) is 1.04. The van der Waals surface area contributed by atoms with Crippen LogP contribution in [-0.4, -0.2) is 35.0 Å². The van der Waals surface area contributed by atoms with Crippen molar-refractivity contribution in [3.63, 3.8) is 0 Å². The largest absolute Gasteiger partial charge is 0.325 e. The van der Waals surface area contributed by atoms with E-state index in [0.717, 1.165) is 11.8 Å². The Hall–Kier alpha value is -2.43. The van der Waals surface area contributed by atoms with E-state index in [1.807, 2.05) is 6.92 Å². The summed E-state index contributed by atoms with van der Waals surface area (Å²) in [4.78, 5) is 12.8. The summed E-state index contributed by atoms with van der Waals surface area (Å²) in [5, 5.41) is 2.65. The number of hydrogen-bond donors (Lipinski definition) is 3. The number of hydrogen-bond acceptors (Lipinski definition) is 5. The molecule has 0 saturated carbocycles. The van der Waals surface area contributed by atoms with Gasteiger partial charge in [-0.3, -0.25) is 9.52 Å². The van der Waals surface area contributed by atoms with Gasteiger partial charge in [0.1, 0.15) is 6.04 Å². The first-order valence-corrected chi connectivity index (χ1v) is 12.2. The summed E-state index contributed by atoms with van der Waals surface area (Å²) in [6.45, 7) is 5.33. The molecule has 29 heavy (non-hydrogen) atoms. The number of sulfonamides is 2. The zero-order chi connectivity index (χ0) is 21.8. The third kappa shape index (κ3) is 6.84. The number of rotatable bonds is 8. The summed E-state index contributed by atoms with van der Waals surface area (Å²) < 4.78 is 52.6. The number of amides is 1. The van der Waals surface area contributed by atoms with Gasteiger partial charge in [0.2, 0.25) is 26.0 Å². The first-order valence-electron chi connectivity index (χ1n) is 8.85. The molecule has 0 fully saturated rings. The first kappa shape index (κ1) is 22.9. The lowest BCUT2D eigenvalue weighted by molar-refractivity contribution is -0.118. The van der Waals surface area contributed by atoms with Gasteiger partial charge in [0.15, 0.2) is 0 Å². The van der Waals surface area contributed by atoms with Crippen LogP contribution < -0.4 is 14.8 Å². The van der Waals surface area contributed by atoms with Gasteiger partial charge in [-0.2, -0.15) is 4.72 Å². The van der Waals surface area contributed by atoms with E-state index in [1.165, 1.54) is 36.4 Å².